The van der Waals surface area contributed by atoms with Crippen molar-refractivity contribution >= 4 is 23.1 Å². The highest BCUT2D eigenvalue weighted by Gasteiger charge is 1.97. The smallest absolute Gasteiger partial charge is 0.0208 e. The average molecular weight is 158 g/mol. The largest absolute Gasteiger partial charge is 0.148 e. The van der Waals surface area contributed by atoms with E-state index in [1.54, 1.807) is 0 Å². The molecule has 0 saturated heterocycles. The van der Waals surface area contributed by atoms with Crippen LogP contribution in [-0.4, -0.2) is 6.26 Å². The summed E-state index contributed by atoms with van der Waals surface area (Å²) in [7, 11) is 0. The molecule has 0 aliphatic carbocycles. The Morgan fingerprint density at radius 2 is 2.44 bits per heavy atom. The third-order valence-electron chi connectivity index (χ3n) is 1.25. The van der Waals surface area contributed by atoms with Gasteiger partial charge in [-0.15, -0.1) is 23.1 Å². The number of hydrogen-bond donors (Lipinski definition) is 0. The first-order chi connectivity index (χ1) is 4.38. The molecule has 0 N–H and O–H groups in total. The Labute approximate surface area is 64.3 Å². The van der Waals surface area contributed by atoms with Crippen molar-refractivity contribution in [1.82, 2.24) is 0 Å². The van der Waals surface area contributed by atoms with E-state index in [-0.39, 0.29) is 0 Å². The minimum absolute atomic E-state index is 1.17. The minimum Gasteiger partial charge on any atom is -0.148 e. The van der Waals surface area contributed by atoms with Crippen molar-refractivity contribution in [3.8, 4) is 0 Å². The van der Waals surface area contributed by atoms with Crippen LogP contribution >= 0.6 is 23.1 Å². The quantitative estimate of drug-likeness (QED) is 0.596. The van der Waals surface area contributed by atoms with E-state index in [1.807, 2.05) is 23.1 Å². The molecule has 0 aromatic carbocycles. The van der Waals surface area contributed by atoms with Crippen molar-refractivity contribution in [2.75, 3.05) is 6.26 Å². The second-order valence-corrected chi connectivity index (χ2v) is 3.61. The molecular formula is C7H10S2. The van der Waals surface area contributed by atoms with Crippen molar-refractivity contribution in [3.05, 3.63) is 16.3 Å². The summed E-state index contributed by atoms with van der Waals surface area (Å²) in [6.45, 7) is 2.20. The van der Waals surface area contributed by atoms with Crippen molar-refractivity contribution in [1.29, 1.82) is 0 Å². The van der Waals surface area contributed by atoms with E-state index in [0.29, 0.717) is 0 Å². The van der Waals surface area contributed by atoms with Crippen LogP contribution < -0.4 is 0 Å². The predicted octanol–water partition coefficient (Wildman–Crippen LogP) is 3.03. The molecule has 0 unspecified atom stereocenters. The van der Waals surface area contributed by atoms with Gasteiger partial charge in [0.05, 0.1) is 0 Å². The van der Waals surface area contributed by atoms with Gasteiger partial charge in [-0.05, 0) is 24.1 Å². The van der Waals surface area contributed by atoms with Gasteiger partial charge in [-0.2, -0.15) is 0 Å². The molecule has 1 rings (SSSR count). The molecular weight excluding hydrogens is 148 g/mol. The summed E-state index contributed by atoms with van der Waals surface area (Å²) < 4.78 is 0. The van der Waals surface area contributed by atoms with Gasteiger partial charge in [-0.1, -0.05) is 6.92 Å². The molecule has 1 aromatic rings. The molecule has 0 atom stereocenters. The van der Waals surface area contributed by atoms with Crippen LogP contribution in [0.25, 0.3) is 0 Å². The van der Waals surface area contributed by atoms with E-state index < -0.39 is 0 Å². The Bertz CT molecular complexity index is 160. The molecule has 50 valence electrons. The van der Waals surface area contributed by atoms with Gasteiger partial charge in [-0.25, -0.2) is 0 Å². The number of rotatable bonds is 2. The summed E-state index contributed by atoms with van der Waals surface area (Å²) in [5.41, 5.74) is 0. The summed E-state index contributed by atoms with van der Waals surface area (Å²) in [5, 5.41) is 2.16. The fourth-order valence-electron chi connectivity index (χ4n) is 0.768. The molecule has 0 aliphatic rings. The molecule has 9 heavy (non-hydrogen) atoms. The zero-order chi connectivity index (χ0) is 6.69. The molecule has 0 aliphatic heterocycles. The molecule has 2 heteroatoms. The SMILES string of the molecule is CCc1sccc1SC. The van der Waals surface area contributed by atoms with Crippen molar-refractivity contribution in [2.24, 2.45) is 0 Å². The lowest BCUT2D eigenvalue weighted by molar-refractivity contribution is 1.14. The Morgan fingerprint density at radius 1 is 1.67 bits per heavy atom. The van der Waals surface area contributed by atoms with E-state index in [0.717, 1.165) is 0 Å². The van der Waals surface area contributed by atoms with E-state index in [2.05, 4.69) is 24.6 Å². The van der Waals surface area contributed by atoms with Gasteiger partial charge >= 0.3 is 0 Å². The van der Waals surface area contributed by atoms with Gasteiger partial charge in [0.15, 0.2) is 0 Å². The van der Waals surface area contributed by atoms with Crippen molar-refractivity contribution in [3.63, 3.8) is 0 Å². The Morgan fingerprint density at radius 3 is 2.89 bits per heavy atom. The molecule has 0 saturated carbocycles. The first-order valence-corrected chi connectivity index (χ1v) is 5.09. The monoisotopic (exact) mass is 158 g/mol. The summed E-state index contributed by atoms with van der Waals surface area (Å²) >= 11 is 3.69. The molecule has 0 bridgehead atoms. The van der Waals surface area contributed by atoms with Gasteiger partial charge < -0.3 is 0 Å². The third-order valence-corrected chi connectivity index (χ3v) is 3.26. The molecule has 0 nitrogen and oxygen atoms in total. The fourth-order valence-corrected chi connectivity index (χ4v) is 2.54. The number of aryl methyl sites for hydroxylation is 1. The zero-order valence-electron chi connectivity index (χ0n) is 5.68. The first kappa shape index (κ1) is 7.16. The highest BCUT2D eigenvalue weighted by molar-refractivity contribution is 7.98. The number of hydrogen-bond acceptors (Lipinski definition) is 2. The van der Waals surface area contributed by atoms with Crippen molar-refractivity contribution in [2.45, 2.75) is 18.2 Å². The number of thiophene rings is 1. The van der Waals surface area contributed by atoms with Crippen LogP contribution in [-0.2, 0) is 6.42 Å². The maximum absolute atomic E-state index is 2.20. The summed E-state index contributed by atoms with van der Waals surface area (Å²) in [4.78, 5) is 2.96. The van der Waals surface area contributed by atoms with Crippen LogP contribution in [0.5, 0.6) is 0 Å². The lowest BCUT2D eigenvalue weighted by Gasteiger charge is -1.92. The van der Waals surface area contributed by atoms with Crippen LogP contribution in [0.1, 0.15) is 11.8 Å². The van der Waals surface area contributed by atoms with Crippen LogP contribution in [0.2, 0.25) is 0 Å². The normalized spacial score (nSPS) is 10.0. The lowest BCUT2D eigenvalue weighted by Crippen LogP contribution is -1.72. The highest BCUT2D eigenvalue weighted by Crippen LogP contribution is 2.25. The first-order valence-electron chi connectivity index (χ1n) is 2.98. The Hall–Kier alpha value is 0.0500. The molecule has 1 heterocycles. The third kappa shape index (κ3) is 1.49. The predicted molar refractivity (Wildman–Crippen MR) is 45.5 cm³/mol. The molecule has 0 amide bonds. The second kappa shape index (κ2) is 3.28. The van der Waals surface area contributed by atoms with E-state index in [1.165, 1.54) is 16.2 Å². The van der Waals surface area contributed by atoms with Crippen LogP contribution in [0, 0.1) is 0 Å². The van der Waals surface area contributed by atoms with Crippen molar-refractivity contribution < 1.29 is 0 Å². The lowest BCUT2D eigenvalue weighted by atomic mass is 10.4. The highest BCUT2D eigenvalue weighted by atomic mass is 32.2. The fraction of sp³-hybridized carbons (Fsp3) is 0.429. The van der Waals surface area contributed by atoms with E-state index in [9.17, 15) is 0 Å². The summed E-state index contributed by atoms with van der Waals surface area (Å²) in [5.74, 6) is 0. The molecule has 0 fully saturated rings. The van der Waals surface area contributed by atoms with Crippen LogP contribution in [0.15, 0.2) is 16.3 Å². The zero-order valence-corrected chi connectivity index (χ0v) is 7.31. The van der Waals surface area contributed by atoms with Crippen LogP contribution in [0.3, 0.4) is 0 Å². The summed E-state index contributed by atoms with van der Waals surface area (Å²) in [6.07, 6.45) is 3.30. The summed E-state index contributed by atoms with van der Waals surface area (Å²) in [6, 6.07) is 2.19. The molecule has 0 radical (unpaired) electrons. The van der Waals surface area contributed by atoms with Gasteiger partial charge in [-0.3, -0.25) is 0 Å². The van der Waals surface area contributed by atoms with E-state index in [4.69, 9.17) is 0 Å². The topological polar surface area (TPSA) is 0 Å². The molecule has 1 aromatic heterocycles. The Kier molecular flexibility index (Phi) is 2.61. The van der Waals surface area contributed by atoms with Crippen LogP contribution in [0.4, 0.5) is 0 Å². The van der Waals surface area contributed by atoms with Gasteiger partial charge in [0.25, 0.3) is 0 Å². The van der Waals surface area contributed by atoms with E-state index >= 15 is 0 Å². The number of thioether (sulfide) groups is 1. The molecule has 0 spiro atoms. The maximum atomic E-state index is 2.20. The Balaban J connectivity index is 2.85. The van der Waals surface area contributed by atoms with Gasteiger partial charge in [0.2, 0.25) is 0 Å². The second-order valence-electron chi connectivity index (χ2n) is 1.77. The van der Waals surface area contributed by atoms with Gasteiger partial charge in [0.1, 0.15) is 0 Å². The van der Waals surface area contributed by atoms with Gasteiger partial charge in [0, 0.05) is 9.77 Å². The average Bonchev–Trinajstić information content (AvgIpc) is 2.33. The maximum Gasteiger partial charge on any atom is 0.0208 e. The minimum atomic E-state index is 1.17. The standard InChI is InChI=1S/C7H10S2/c1-3-6-7(8-2)4-5-9-6/h4-5H,3H2,1-2H3.